The number of ketones is 3. The molecule has 57 heavy (non-hydrogen) atoms. The Morgan fingerprint density at radius 3 is 2.32 bits per heavy atom. The van der Waals surface area contributed by atoms with Crippen molar-refractivity contribution in [2.24, 2.45) is 23.7 Å². The molecule has 5 bridgehead atoms. The molecule has 1 aromatic carbocycles. The number of ether oxygens (including phenoxy) is 5. The number of nitrogens with one attached hydrogen (secondary N) is 2. The molecular weight excluding hydrogens is 740 g/mol. The number of benzene rings is 1. The highest BCUT2D eigenvalue weighted by Crippen LogP contribution is 2.48. The average Bonchev–Trinajstić information content (AvgIpc) is 3.79. The van der Waals surface area contributed by atoms with E-state index in [1.54, 1.807) is 39.8 Å². The van der Waals surface area contributed by atoms with Crippen LogP contribution < -0.4 is 15.4 Å². The minimum Gasteiger partial charge on any atom is -0.507 e. The minimum atomic E-state index is -2.08. The van der Waals surface area contributed by atoms with Gasteiger partial charge in [-0.05, 0) is 32.8 Å². The first-order chi connectivity index (χ1) is 26.8. The Morgan fingerprint density at radius 2 is 1.68 bits per heavy atom. The quantitative estimate of drug-likeness (QED) is 0.269. The van der Waals surface area contributed by atoms with E-state index in [0.717, 1.165) is 6.42 Å². The van der Waals surface area contributed by atoms with Gasteiger partial charge in [0.1, 0.15) is 29.0 Å². The second-order valence-corrected chi connectivity index (χ2v) is 15.6. The fourth-order valence-electron chi connectivity index (χ4n) is 7.88. The van der Waals surface area contributed by atoms with E-state index in [1.807, 2.05) is 0 Å². The van der Waals surface area contributed by atoms with Gasteiger partial charge in [0, 0.05) is 68.9 Å². The summed E-state index contributed by atoms with van der Waals surface area (Å²) in [5, 5.41) is 39.8. The van der Waals surface area contributed by atoms with Crippen LogP contribution >= 0.6 is 0 Å². The lowest BCUT2D eigenvalue weighted by molar-refractivity contribution is -0.160. The molecule has 1 unspecified atom stereocenters. The third-order valence-electron chi connectivity index (χ3n) is 11.5. The zero-order valence-corrected chi connectivity index (χ0v) is 33.8. The number of aliphatic hydroxyl groups excluding tert-OH is 2. The molecule has 1 aliphatic carbocycles. The molecule has 4 heterocycles. The summed E-state index contributed by atoms with van der Waals surface area (Å²) in [5.74, 6) is -9.25. The van der Waals surface area contributed by atoms with Gasteiger partial charge in [-0.2, -0.15) is 0 Å². The topological polar surface area (TPSA) is 216 Å². The summed E-state index contributed by atoms with van der Waals surface area (Å²) >= 11 is 0. The Hall–Kier alpha value is -4.83. The van der Waals surface area contributed by atoms with Crippen molar-refractivity contribution in [2.75, 3.05) is 20.3 Å². The highest BCUT2D eigenvalue weighted by molar-refractivity contribution is 6.32. The molecule has 0 spiro atoms. The van der Waals surface area contributed by atoms with E-state index in [-0.39, 0.29) is 40.8 Å². The van der Waals surface area contributed by atoms with Crippen LogP contribution in [0, 0.1) is 30.6 Å². The number of methoxy groups -OCH3 is 1. The average molecular weight is 795 g/mol. The second kappa shape index (κ2) is 17.3. The van der Waals surface area contributed by atoms with Gasteiger partial charge in [0.15, 0.2) is 0 Å². The Kier molecular flexibility index (Phi) is 13.2. The third kappa shape index (κ3) is 8.43. The van der Waals surface area contributed by atoms with Crippen LogP contribution in [-0.2, 0) is 28.5 Å². The number of phenolic OH excluding ortho intramolecular Hbond substituents is 1. The van der Waals surface area contributed by atoms with Crippen molar-refractivity contribution < 1.29 is 63.0 Å². The standard InChI is InChI=1S/C42H54N2O13/c1-19-12-10-13-20(2)41(52)44-32-31(43-18-26-14-11-16-54-26)36(49)28-29(37(32)50)35(48)24(6)39-30(28)40(51)42(8,57-39)55-17-15-27(53-9)21(3)38(56-25(7)45)23(5)34(47)22(4)33(19)46/h10,12-13,15,17,19,21-23,26-27,33-34,38,43,46-48H,11,14,16,18H2,1-9H3,(H,44,52)/b12-10+,17-15+,20-13-/t19-,21+,22+,23-,26?,27-,33-,34-,38+,42-/m0/s1. The van der Waals surface area contributed by atoms with Crippen molar-refractivity contribution in [1.82, 2.24) is 10.6 Å². The maximum absolute atomic E-state index is 14.5. The van der Waals surface area contributed by atoms with Gasteiger partial charge in [-0.25, -0.2) is 0 Å². The van der Waals surface area contributed by atoms with Crippen molar-refractivity contribution in [3.8, 4) is 11.5 Å². The number of esters is 1. The van der Waals surface area contributed by atoms with Crippen LogP contribution in [-0.4, -0.2) is 101 Å². The zero-order chi connectivity index (χ0) is 42.1. The summed E-state index contributed by atoms with van der Waals surface area (Å²) in [5.41, 5.74) is -1.73. The Labute approximate surface area is 332 Å². The van der Waals surface area contributed by atoms with Crippen LogP contribution in [0.5, 0.6) is 11.5 Å². The number of phenols is 1. The fraction of sp³-hybridized carbons (Fsp3) is 0.548. The van der Waals surface area contributed by atoms with Crippen LogP contribution in [0.25, 0.3) is 0 Å². The van der Waals surface area contributed by atoms with Gasteiger partial charge in [0.2, 0.25) is 11.6 Å². The molecule has 310 valence electrons. The van der Waals surface area contributed by atoms with Crippen molar-refractivity contribution in [3.63, 3.8) is 0 Å². The molecule has 0 radical (unpaired) electrons. The predicted molar refractivity (Wildman–Crippen MR) is 205 cm³/mol. The number of allylic oxidation sites excluding steroid dienone is 4. The largest absolute Gasteiger partial charge is 0.507 e. The molecule has 1 aromatic rings. The molecule has 15 heteroatoms. The first kappa shape index (κ1) is 43.3. The molecule has 1 saturated heterocycles. The predicted octanol–water partition coefficient (Wildman–Crippen LogP) is 3.73. The van der Waals surface area contributed by atoms with Crippen molar-refractivity contribution in [2.45, 2.75) is 105 Å². The minimum absolute atomic E-state index is 0.00609. The van der Waals surface area contributed by atoms with Crippen LogP contribution in [0.15, 0.2) is 47.5 Å². The molecule has 10 atom stereocenters. The van der Waals surface area contributed by atoms with Gasteiger partial charge >= 0.3 is 11.8 Å². The van der Waals surface area contributed by atoms with Crippen LogP contribution in [0.1, 0.15) is 97.9 Å². The number of hydrogen-bond donors (Lipinski definition) is 5. The molecule has 1 fully saturated rings. The highest BCUT2D eigenvalue weighted by Gasteiger charge is 2.53. The lowest BCUT2D eigenvalue weighted by Crippen LogP contribution is -2.46. The lowest BCUT2D eigenvalue weighted by atomic mass is 9.78. The second-order valence-electron chi connectivity index (χ2n) is 15.6. The number of hydrogen-bond acceptors (Lipinski definition) is 14. The number of Topliss-reactive ketones (excluding diaryl/α,β-unsaturated/α-hetero) is 3. The SMILES string of the molecule is CO[C@H]1/C=C/O[C@@]2(C)Oc3c(C)c(O)c4c(c3C2=O)C(=O)C(NCC2CCCO2)=C(NC(=O)/C(C)=C\C=C\[C@H](C)[C@H](O)[C@@H](C)[C@H](O)[C@H](C)[C@H](OC(C)=O)[C@@H]1C)C4=O. The van der Waals surface area contributed by atoms with Gasteiger partial charge in [0.05, 0.1) is 47.4 Å². The maximum atomic E-state index is 14.5. The van der Waals surface area contributed by atoms with E-state index in [9.17, 15) is 39.3 Å². The number of carbonyl (C=O) groups excluding carboxylic acids is 5. The van der Waals surface area contributed by atoms with E-state index in [1.165, 1.54) is 53.2 Å². The maximum Gasteiger partial charge on any atom is 0.312 e. The zero-order valence-electron chi connectivity index (χ0n) is 33.8. The first-order valence-corrected chi connectivity index (χ1v) is 19.2. The molecule has 1 amide bonds. The van der Waals surface area contributed by atoms with Crippen LogP contribution in [0.4, 0.5) is 0 Å². The summed E-state index contributed by atoms with van der Waals surface area (Å²) in [6.45, 7) is 13.0. The van der Waals surface area contributed by atoms with E-state index in [4.69, 9.17) is 23.7 Å². The van der Waals surface area contributed by atoms with Crippen LogP contribution in [0.2, 0.25) is 0 Å². The molecule has 0 saturated carbocycles. The fourth-order valence-corrected chi connectivity index (χ4v) is 7.88. The summed E-state index contributed by atoms with van der Waals surface area (Å²) in [6, 6.07) is 0. The number of carbonyl (C=O) groups is 5. The molecule has 4 aliphatic heterocycles. The number of rotatable bonds is 5. The Balaban J connectivity index is 1.64. The third-order valence-corrected chi connectivity index (χ3v) is 11.5. The van der Waals surface area contributed by atoms with Gasteiger partial charge in [0.25, 0.3) is 11.7 Å². The van der Waals surface area contributed by atoms with Gasteiger partial charge < -0.3 is 49.6 Å². The summed E-state index contributed by atoms with van der Waals surface area (Å²) in [7, 11) is 1.42. The number of amides is 1. The molecular formula is C42H54N2O13. The summed E-state index contributed by atoms with van der Waals surface area (Å²) < 4.78 is 29.1. The van der Waals surface area contributed by atoms with Crippen LogP contribution in [0.3, 0.4) is 0 Å². The molecule has 0 aromatic heterocycles. The lowest BCUT2D eigenvalue weighted by Gasteiger charge is -2.38. The Morgan fingerprint density at radius 1 is 0.982 bits per heavy atom. The highest BCUT2D eigenvalue weighted by atomic mass is 16.7. The van der Waals surface area contributed by atoms with E-state index < -0.39 is 106 Å². The monoisotopic (exact) mass is 794 g/mol. The van der Waals surface area contributed by atoms with E-state index in [0.29, 0.717) is 13.0 Å². The smallest absolute Gasteiger partial charge is 0.312 e. The van der Waals surface area contributed by atoms with E-state index in [2.05, 4.69) is 10.6 Å². The first-order valence-electron chi connectivity index (χ1n) is 19.2. The summed E-state index contributed by atoms with van der Waals surface area (Å²) in [4.78, 5) is 69.1. The number of fused-ring (bicyclic) bond motifs is 14. The molecule has 6 rings (SSSR count). The molecule has 15 nitrogen and oxygen atoms in total. The van der Waals surface area contributed by atoms with Crippen molar-refractivity contribution in [1.29, 1.82) is 0 Å². The van der Waals surface area contributed by atoms with Gasteiger partial charge in [-0.1, -0.05) is 45.9 Å². The van der Waals surface area contributed by atoms with Gasteiger partial charge in [-0.15, -0.1) is 0 Å². The van der Waals surface area contributed by atoms with E-state index >= 15 is 0 Å². The van der Waals surface area contributed by atoms with Crippen molar-refractivity contribution in [3.05, 3.63) is 69.8 Å². The van der Waals surface area contributed by atoms with Crippen molar-refractivity contribution >= 4 is 29.2 Å². The number of aliphatic hydroxyl groups is 2. The number of aromatic hydroxyl groups is 1. The normalized spacial score (nSPS) is 34.5. The Bertz CT molecular complexity index is 1930. The molecule has 5 N–H and O–H groups in total. The van der Waals surface area contributed by atoms with Gasteiger partial charge in [-0.3, -0.25) is 24.0 Å². The molecule has 5 aliphatic rings. The summed E-state index contributed by atoms with van der Waals surface area (Å²) in [6.07, 6.45) is 4.60.